The Morgan fingerprint density at radius 3 is 2.65 bits per heavy atom. The fraction of sp³-hybridized carbons (Fsp3) is 0.296. The molecule has 1 aromatic heterocycles. The molecule has 176 valence electrons. The number of hydrogen-bond acceptors (Lipinski definition) is 4. The van der Waals surface area contributed by atoms with Crippen molar-refractivity contribution in [1.29, 1.82) is 0 Å². The van der Waals surface area contributed by atoms with Crippen LogP contribution in [-0.2, 0) is 11.3 Å². The molecule has 6 rings (SSSR count). The first kappa shape index (κ1) is 22.6. The van der Waals surface area contributed by atoms with Gasteiger partial charge in [0.05, 0.1) is 25.3 Å². The second-order valence-electron chi connectivity index (χ2n) is 9.19. The zero-order valence-corrected chi connectivity index (χ0v) is 19.7. The number of anilines is 1. The van der Waals surface area contributed by atoms with E-state index in [2.05, 4.69) is 0 Å². The predicted octanol–water partition coefficient (Wildman–Crippen LogP) is 6.20. The van der Waals surface area contributed by atoms with Crippen LogP contribution in [0.15, 0.2) is 77.6 Å². The summed E-state index contributed by atoms with van der Waals surface area (Å²) >= 11 is 1.55. The van der Waals surface area contributed by atoms with Crippen LogP contribution in [0.1, 0.15) is 24.0 Å². The summed E-state index contributed by atoms with van der Waals surface area (Å²) in [6.07, 6.45) is 3.06. The van der Waals surface area contributed by atoms with Gasteiger partial charge in [0.15, 0.2) is 11.9 Å². The van der Waals surface area contributed by atoms with E-state index in [0.29, 0.717) is 29.2 Å². The van der Waals surface area contributed by atoms with Crippen LogP contribution in [0.4, 0.5) is 14.9 Å². The first-order chi connectivity index (χ1) is 16.5. The summed E-state index contributed by atoms with van der Waals surface area (Å²) in [6.45, 7) is 2.77. The van der Waals surface area contributed by atoms with Gasteiger partial charge in [-0.2, -0.15) is 11.3 Å². The molecule has 0 spiro atoms. The van der Waals surface area contributed by atoms with Crippen LogP contribution in [0.5, 0.6) is 0 Å². The van der Waals surface area contributed by atoms with E-state index in [1.807, 2.05) is 53.4 Å². The van der Waals surface area contributed by atoms with Gasteiger partial charge >= 0.3 is 6.09 Å². The van der Waals surface area contributed by atoms with Gasteiger partial charge in [-0.3, -0.25) is 9.38 Å². The quantitative estimate of drug-likeness (QED) is 0.338. The zero-order chi connectivity index (χ0) is 23.5. The molecule has 3 fully saturated rings. The Morgan fingerprint density at radius 1 is 1.15 bits per heavy atom. The molecule has 2 aromatic carbocycles. The van der Waals surface area contributed by atoms with Crippen molar-refractivity contribution in [3.05, 3.63) is 94.6 Å². The fourth-order valence-electron chi connectivity index (χ4n) is 5.09. The van der Waals surface area contributed by atoms with Gasteiger partial charge in [-0.15, -0.1) is 0 Å². The van der Waals surface area contributed by atoms with Gasteiger partial charge in [0, 0.05) is 24.3 Å². The highest BCUT2D eigenvalue weighted by Crippen LogP contribution is 2.37. The number of piperidine rings is 3. The van der Waals surface area contributed by atoms with Crippen LogP contribution in [0, 0.1) is 11.7 Å². The van der Waals surface area contributed by atoms with E-state index in [0.717, 1.165) is 37.1 Å². The van der Waals surface area contributed by atoms with Gasteiger partial charge in [-0.1, -0.05) is 36.4 Å². The molecular weight excluding hydrogens is 451 g/mol. The van der Waals surface area contributed by atoms with Crippen molar-refractivity contribution in [2.75, 3.05) is 24.5 Å². The van der Waals surface area contributed by atoms with Gasteiger partial charge in [0.25, 0.3) is 0 Å². The number of carbonyl (C=O) groups is 1. The van der Waals surface area contributed by atoms with Crippen LogP contribution < -0.4 is 4.90 Å². The number of quaternary nitrogens is 1. The number of hydrogen-bond donors (Lipinski definition) is 1. The van der Waals surface area contributed by atoms with Crippen molar-refractivity contribution in [3.8, 4) is 0 Å². The van der Waals surface area contributed by atoms with Gasteiger partial charge in [-0.25, -0.2) is 9.18 Å². The number of nitrogens with zero attached hydrogens (tertiary/aromatic N) is 2. The summed E-state index contributed by atoms with van der Waals surface area (Å²) in [5.74, 6) is 0.158. The Morgan fingerprint density at radius 2 is 1.94 bits per heavy atom. The van der Waals surface area contributed by atoms with E-state index in [-0.39, 0.29) is 11.9 Å². The zero-order valence-electron chi connectivity index (χ0n) is 18.8. The fourth-order valence-corrected chi connectivity index (χ4v) is 5.75. The minimum absolute atomic E-state index is 0.255. The summed E-state index contributed by atoms with van der Waals surface area (Å²) in [5.41, 5.74) is 2.23. The largest absolute Gasteiger partial charge is 0.503 e. The van der Waals surface area contributed by atoms with Crippen molar-refractivity contribution in [2.45, 2.75) is 25.5 Å². The Kier molecular flexibility index (Phi) is 6.39. The van der Waals surface area contributed by atoms with Gasteiger partial charge < -0.3 is 9.84 Å². The minimum Gasteiger partial charge on any atom is -0.503 e. The molecule has 0 aliphatic carbocycles. The lowest BCUT2D eigenvalue weighted by Gasteiger charge is -2.50. The van der Waals surface area contributed by atoms with Crippen molar-refractivity contribution < 1.29 is 23.5 Å². The van der Waals surface area contributed by atoms with Crippen molar-refractivity contribution >= 4 is 28.9 Å². The molecule has 3 aliphatic rings. The summed E-state index contributed by atoms with van der Waals surface area (Å²) in [7, 11) is 0. The monoisotopic (exact) mass is 479 g/mol. The highest BCUT2D eigenvalue weighted by Gasteiger charge is 2.47. The van der Waals surface area contributed by atoms with Crippen LogP contribution >= 0.6 is 11.3 Å². The molecule has 34 heavy (non-hydrogen) atoms. The van der Waals surface area contributed by atoms with Crippen LogP contribution in [-0.4, -0.2) is 41.4 Å². The molecular formula is C27H28FN2O3S+. The predicted molar refractivity (Wildman–Crippen MR) is 132 cm³/mol. The summed E-state index contributed by atoms with van der Waals surface area (Å²) in [6, 6.07) is 17.5. The molecule has 1 atom stereocenters. The lowest BCUT2D eigenvalue weighted by Crippen LogP contribution is -2.62. The molecule has 5 nitrogen and oxygen atoms in total. The van der Waals surface area contributed by atoms with E-state index in [4.69, 9.17) is 4.74 Å². The summed E-state index contributed by atoms with van der Waals surface area (Å²) < 4.78 is 20.6. The number of amides is 1. The number of thiophene rings is 1. The third-order valence-electron chi connectivity index (χ3n) is 6.94. The molecule has 4 heterocycles. The molecule has 2 bridgehead atoms. The number of rotatable bonds is 6. The Balaban J connectivity index is 1.35. The molecule has 3 saturated heterocycles. The maximum Gasteiger partial charge on any atom is 0.415 e. The van der Waals surface area contributed by atoms with Crippen LogP contribution in [0.25, 0.3) is 5.76 Å². The smallest absolute Gasteiger partial charge is 0.415 e. The third kappa shape index (κ3) is 4.86. The van der Waals surface area contributed by atoms with Gasteiger partial charge in [-0.05, 0) is 40.6 Å². The Labute approximate surface area is 202 Å². The molecule has 7 heteroatoms. The lowest BCUT2D eigenvalue weighted by molar-refractivity contribution is -0.899. The summed E-state index contributed by atoms with van der Waals surface area (Å²) in [5, 5.41) is 14.7. The highest BCUT2D eigenvalue weighted by atomic mass is 32.1. The van der Waals surface area contributed by atoms with E-state index in [1.165, 1.54) is 17.0 Å². The summed E-state index contributed by atoms with van der Waals surface area (Å²) in [4.78, 5) is 14.9. The second-order valence-corrected chi connectivity index (χ2v) is 9.97. The normalized spacial score (nSPS) is 24.1. The molecule has 1 unspecified atom stereocenters. The van der Waals surface area contributed by atoms with E-state index < -0.39 is 11.9 Å². The topological polar surface area (TPSA) is 49.8 Å². The highest BCUT2D eigenvalue weighted by molar-refractivity contribution is 7.07. The minimum atomic E-state index is -0.468. The maximum atomic E-state index is 14.0. The number of carbonyl (C=O) groups excluding carboxylic acids is 1. The number of aliphatic hydroxyl groups is 1. The third-order valence-corrected chi connectivity index (χ3v) is 7.67. The average molecular weight is 480 g/mol. The van der Waals surface area contributed by atoms with Crippen LogP contribution in [0.3, 0.4) is 0 Å². The number of benzene rings is 2. The second kappa shape index (κ2) is 9.60. The SMILES string of the molecule is O=C(OC1C[N+]2(C=C(O)c3ccccc3)CCC1CC2)N(Cc1ccsc1)c1cccc(F)c1. The molecule has 3 aliphatic heterocycles. The molecule has 0 radical (unpaired) electrons. The molecule has 3 aromatic rings. The van der Waals surface area contributed by atoms with Crippen molar-refractivity contribution in [2.24, 2.45) is 5.92 Å². The first-order valence-corrected chi connectivity index (χ1v) is 12.5. The van der Waals surface area contributed by atoms with Crippen molar-refractivity contribution in [3.63, 3.8) is 0 Å². The molecule has 1 amide bonds. The lowest BCUT2D eigenvalue weighted by atomic mass is 9.83. The number of ether oxygens (including phenoxy) is 1. The Hall–Kier alpha value is -3.16. The Bertz CT molecular complexity index is 1160. The maximum absolute atomic E-state index is 14.0. The van der Waals surface area contributed by atoms with Crippen molar-refractivity contribution in [1.82, 2.24) is 0 Å². The number of halogens is 1. The standard InChI is InChI=1S/C27H27FN2O3S/c28-23-7-4-8-24(15-23)29(16-20-11-14-34-19-20)27(32)33-26-18-30(12-9-22(26)10-13-30)17-25(31)21-5-2-1-3-6-21/h1-8,11,14-15,17,19,22,26H,9-10,12-13,16,18H2/p+1. The van der Waals surface area contributed by atoms with E-state index in [1.54, 1.807) is 23.5 Å². The van der Waals surface area contributed by atoms with Gasteiger partial charge in [0.2, 0.25) is 0 Å². The molecule has 1 N–H and O–H groups in total. The number of aliphatic hydroxyl groups excluding tert-OH is 1. The molecule has 0 saturated carbocycles. The first-order valence-electron chi connectivity index (χ1n) is 11.6. The van der Waals surface area contributed by atoms with Crippen LogP contribution in [0.2, 0.25) is 0 Å². The number of fused-ring (bicyclic) bond motifs is 3. The van der Waals surface area contributed by atoms with E-state index >= 15 is 0 Å². The van der Waals surface area contributed by atoms with E-state index in [9.17, 15) is 14.3 Å². The van der Waals surface area contributed by atoms with Gasteiger partial charge in [0.1, 0.15) is 18.6 Å². The average Bonchev–Trinajstić information content (AvgIpc) is 3.37.